The highest BCUT2D eigenvalue weighted by Gasteiger charge is 2.23. The molecule has 0 radical (unpaired) electrons. The summed E-state index contributed by atoms with van der Waals surface area (Å²) in [4.78, 5) is 26.9. The largest absolute Gasteiger partial charge is 0.465 e. The Balaban J connectivity index is 1.73. The first-order valence-corrected chi connectivity index (χ1v) is 10.6. The van der Waals surface area contributed by atoms with Gasteiger partial charge < -0.3 is 15.4 Å². The molecule has 3 aromatic rings. The Kier molecular flexibility index (Phi) is 6.61. The van der Waals surface area contributed by atoms with Crippen LogP contribution in [0.3, 0.4) is 0 Å². The van der Waals surface area contributed by atoms with Crippen molar-refractivity contribution in [1.82, 2.24) is 0 Å². The van der Waals surface area contributed by atoms with Crippen LogP contribution in [0.2, 0.25) is 0 Å². The summed E-state index contributed by atoms with van der Waals surface area (Å²) in [7, 11) is 1.35. The molecule has 0 spiro atoms. The minimum absolute atomic E-state index is 0.0545. The third kappa shape index (κ3) is 4.49. The molecule has 0 fully saturated rings. The van der Waals surface area contributed by atoms with Crippen molar-refractivity contribution in [2.45, 2.75) is 19.9 Å². The predicted octanol–water partition coefficient (Wildman–Crippen LogP) is 3.50. The summed E-state index contributed by atoms with van der Waals surface area (Å²) in [6.45, 7) is 4.03. The SMILES string of the molecule is COC(=O)c1c(NC(=O)C[NH2+][C@H](c2ccccc2)c2cccs2)sc(C)c1C. The molecule has 0 unspecified atom stereocenters. The van der Waals surface area contributed by atoms with E-state index in [1.807, 2.05) is 48.8 Å². The summed E-state index contributed by atoms with van der Waals surface area (Å²) in [5.41, 5.74) is 2.43. The number of hydrogen-bond donors (Lipinski definition) is 2. The molecule has 0 aliphatic rings. The molecular weight excluding hydrogens is 392 g/mol. The molecule has 0 aliphatic heterocycles. The van der Waals surface area contributed by atoms with E-state index in [4.69, 9.17) is 4.74 Å². The zero-order valence-electron chi connectivity index (χ0n) is 16.0. The quantitative estimate of drug-likeness (QED) is 0.580. The number of aryl methyl sites for hydroxylation is 1. The maximum absolute atomic E-state index is 12.6. The molecule has 0 saturated heterocycles. The van der Waals surface area contributed by atoms with Gasteiger partial charge in [0, 0.05) is 10.4 Å². The highest BCUT2D eigenvalue weighted by Crippen LogP contribution is 2.32. The Labute approximate surface area is 172 Å². The van der Waals surface area contributed by atoms with Crippen molar-refractivity contribution in [3.63, 3.8) is 0 Å². The lowest BCUT2D eigenvalue weighted by Crippen LogP contribution is -2.87. The molecule has 28 heavy (non-hydrogen) atoms. The smallest absolute Gasteiger partial charge is 0.341 e. The van der Waals surface area contributed by atoms with E-state index in [0.29, 0.717) is 10.6 Å². The van der Waals surface area contributed by atoms with E-state index < -0.39 is 5.97 Å². The van der Waals surface area contributed by atoms with Crippen molar-refractivity contribution < 1.29 is 19.6 Å². The number of methoxy groups -OCH3 is 1. The molecule has 7 heteroatoms. The Bertz CT molecular complexity index is 950. The molecule has 3 N–H and O–H groups in total. The Hall–Kier alpha value is -2.48. The number of ether oxygens (including phenoxy) is 1. The van der Waals surface area contributed by atoms with Crippen LogP contribution in [-0.4, -0.2) is 25.5 Å². The first-order valence-electron chi connectivity index (χ1n) is 8.91. The standard InChI is InChI=1S/C21H22N2O3S2/c1-13-14(2)28-20(18(13)21(25)26-3)23-17(24)12-22-19(16-10-7-11-27-16)15-8-5-4-6-9-15/h4-11,19,22H,12H2,1-3H3,(H,23,24)/p+1/t19-/m1/s1. The van der Waals surface area contributed by atoms with Gasteiger partial charge in [0.1, 0.15) is 11.0 Å². The number of thiophene rings is 2. The van der Waals surface area contributed by atoms with E-state index in [1.54, 1.807) is 11.3 Å². The van der Waals surface area contributed by atoms with E-state index in [0.717, 1.165) is 16.0 Å². The summed E-state index contributed by atoms with van der Waals surface area (Å²) in [5, 5.41) is 7.50. The second-order valence-electron chi connectivity index (χ2n) is 6.37. The zero-order chi connectivity index (χ0) is 20.1. The third-order valence-corrected chi connectivity index (χ3v) is 6.65. The molecule has 2 heterocycles. The summed E-state index contributed by atoms with van der Waals surface area (Å²) in [6.07, 6.45) is 0. The molecular formula is C21H23N2O3S2+. The zero-order valence-corrected chi connectivity index (χ0v) is 17.7. The van der Waals surface area contributed by atoms with Crippen LogP contribution in [0.1, 0.15) is 37.3 Å². The highest BCUT2D eigenvalue weighted by molar-refractivity contribution is 7.16. The van der Waals surface area contributed by atoms with Crippen LogP contribution in [0.15, 0.2) is 47.8 Å². The number of benzene rings is 1. The Morgan fingerprint density at radius 1 is 1.14 bits per heavy atom. The summed E-state index contributed by atoms with van der Waals surface area (Å²) in [6, 6.07) is 14.3. The fourth-order valence-corrected chi connectivity index (χ4v) is 4.93. The molecule has 0 bridgehead atoms. The van der Waals surface area contributed by atoms with Gasteiger partial charge in [-0.2, -0.15) is 0 Å². The molecule has 146 valence electrons. The normalized spacial score (nSPS) is 11.8. The van der Waals surface area contributed by atoms with Crippen LogP contribution in [0.25, 0.3) is 0 Å². The average Bonchev–Trinajstić information content (AvgIpc) is 3.31. The van der Waals surface area contributed by atoms with Crippen molar-refractivity contribution in [2.24, 2.45) is 0 Å². The molecule has 0 saturated carbocycles. The fourth-order valence-electron chi connectivity index (χ4n) is 3.01. The van der Waals surface area contributed by atoms with Gasteiger partial charge in [0.25, 0.3) is 5.91 Å². The van der Waals surface area contributed by atoms with E-state index in [-0.39, 0.29) is 18.5 Å². The van der Waals surface area contributed by atoms with Gasteiger partial charge in [0.15, 0.2) is 6.54 Å². The summed E-state index contributed by atoms with van der Waals surface area (Å²) >= 11 is 3.07. The minimum Gasteiger partial charge on any atom is -0.465 e. The van der Waals surface area contributed by atoms with Crippen molar-refractivity contribution in [3.05, 3.63) is 74.3 Å². The maximum Gasteiger partial charge on any atom is 0.341 e. The summed E-state index contributed by atoms with van der Waals surface area (Å²) in [5.74, 6) is -0.578. The van der Waals surface area contributed by atoms with Crippen LogP contribution in [0.4, 0.5) is 5.00 Å². The fraction of sp³-hybridized carbons (Fsp3) is 0.238. The van der Waals surface area contributed by atoms with Gasteiger partial charge in [-0.15, -0.1) is 22.7 Å². The van der Waals surface area contributed by atoms with Gasteiger partial charge in [0.2, 0.25) is 0 Å². The Morgan fingerprint density at radius 3 is 2.54 bits per heavy atom. The number of quaternary nitrogens is 1. The number of amides is 1. The second kappa shape index (κ2) is 9.14. The van der Waals surface area contributed by atoms with E-state index in [2.05, 4.69) is 23.5 Å². The first kappa shape index (κ1) is 20.3. The number of nitrogens with two attached hydrogens (primary N) is 1. The number of anilines is 1. The number of hydrogen-bond acceptors (Lipinski definition) is 5. The number of esters is 1. The second-order valence-corrected chi connectivity index (χ2v) is 8.57. The molecule has 3 rings (SSSR count). The average molecular weight is 416 g/mol. The number of carbonyl (C=O) groups excluding carboxylic acids is 2. The van der Waals surface area contributed by atoms with Crippen molar-refractivity contribution >= 4 is 39.6 Å². The molecule has 0 aliphatic carbocycles. The molecule has 2 aromatic heterocycles. The first-order chi connectivity index (χ1) is 13.5. The predicted molar refractivity (Wildman–Crippen MR) is 113 cm³/mol. The molecule has 5 nitrogen and oxygen atoms in total. The lowest BCUT2D eigenvalue weighted by molar-refractivity contribution is -0.675. The van der Waals surface area contributed by atoms with Crippen LogP contribution >= 0.6 is 22.7 Å². The molecule has 1 atom stereocenters. The Morgan fingerprint density at radius 2 is 1.89 bits per heavy atom. The van der Waals surface area contributed by atoms with Crippen LogP contribution < -0.4 is 10.6 Å². The number of nitrogens with one attached hydrogen (secondary N) is 1. The summed E-state index contributed by atoms with van der Waals surface area (Å²) < 4.78 is 4.87. The van der Waals surface area contributed by atoms with E-state index in [1.165, 1.54) is 23.3 Å². The van der Waals surface area contributed by atoms with E-state index >= 15 is 0 Å². The topological polar surface area (TPSA) is 72.0 Å². The van der Waals surface area contributed by atoms with Crippen LogP contribution in [0.5, 0.6) is 0 Å². The van der Waals surface area contributed by atoms with Gasteiger partial charge >= 0.3 is 5.97 Å². The van der Waals surface area contributed by atoms with Crippen molar-refractivity contribution in [2.75, 3.05) is 19.0 Å². The van der Waals surface area contributed by atoms with Gasteiger partial charge in [-0.3, -0.25) is 4.79 Å². The van der Waals surface area contributed by atoms with Crippen molar-refractivity contribution in [3.8, 4) is 0 Å². The lowest BCUT2D eigenvalue weighted by Gasteiger charge is -2.14. The van der Waals surface area contributed by atoms with Crippen molar-refractivity contribution in [1.29, 1.82) is 0 Å². The minimum atomic E-state index is -0.429. The maximum atomic E-state index is 12.6. The lowest BCUT2D eigenvalue weighted by atomic mass is 10.1. The van der Waals surface area contributed by atoms with Gasteiger partial charge in [-0.25, -0.2) is 4.79 Å². The third-order valence-electron chi connectivity index (χ3n) is 4.58. The highest BCUT2D eigenvalue weighted by atomic mass is 32.1. The molecule has 1 aromatic carbocycles. The number of rotatable bonds is 7. The van der Waals surface area contributed by atoms with Gasteiger partial charge in [-0.1, -0.05) is 36.4 Å². The monoisotopic (exact) mass is 415 g/mol. The van der Waals surface area contributed by atoms with Crippen LogP contribution in [0, 0.1) is 13.8 Å². The number of carbonyl (C=O) groups is 2. The molecule has 1 amide bonds. The van der Waals surface area contributed by atoms with Gasteiger partial charge in [-0.05, 0) is 30.9 Å². The van der Waals surface area contributed by atoms with Crippen LogP contribution in [-0.2, 0) is 9.53 Å². The van der Waals surface area contributed by atoms with Gasteiger partial charge in [0.05, 0.1) is 17.6 Å². The van der Waals surface area contributed by atoms with E-state index in [9.17, 15) is 9.59 Å².